The quantitative estimate of drug-likeness (QED) is 0.765. The molecule has 0 aliphatic heterocycles. The summed E-state index contributed by atoms with van der Waals surface area (Å²) in [5.41, 5.74) is 3.23. The van der Waals surface area contributed by atoms with Crippen LogP contribution in [0.25, 0.3) is 5.00 Å². The van der Waals surface area contributed by atoms with Gasteiger partial charge in [0.25, 0.3) is 0 Å². The molecule has 2 aliphatic rings. The Morgan fingerprint density at radius 1 is 1.22 bits per heavy atom. The molecule has 1 fully saturated rings. The number of thiophene rings is 1. The fourth-order valence-corrected chi connectivity index (χ4v) is 4.95. The van der Waals surface area contributed by atoms with E-state index in [1.165, 1.54) is 37.8 Å². The molecular weight excluding hydrogens is 304 g/mol. The number of ketones is 1. The first-order valence-electron chi connectivity index (χ1n) is 8.74. The maximum atomic E-state index is 12.9. The second-order valence-electron chi connectivity index (χ2n) is 7.85. The molecule has 0 amide bonds. The number of Topliss-reactive ketones (excluding diaryl/α,β-unsaturated/α-hetero) is 1. The molecule has 0 atom stereocenters. The van der Waals surface area contributed by atoms with Crippen LogP contribution in [0.1, 0.15) is 80.0 Å². The average molecular weight is 328 g/mol. The summed E-state index contributed by atoms with van der Waals surface area (Å²) < 4.78 is 2.10. The van der Waals surface area contributed by atoms with Gasteiger partial charge < -0.3 is 0 Å². The highest BCUT2D eigenvalue weighted by Gasteiger charge is 2.38. The number of fused-ring (bicyclic) bond motifs is 1. The maximum Gasteiger partial charge on any atom is 0.167 e. The molecule has 2 aromatic heterocycles. The second-order valence-corrected chi connectivity index (χ2v) is 8.77. The number of rotatable bonds is 2. The van der Waals surface area contributed by atoms with E-state index in [0.717, 1.165) is 22.7 Å². The van der Waals surface area contributed by atoms with Gasteiger partial charge in [0.05, 0.1) is 17.0 Å². The van der Waals surface area contributed by atoms with E-state index < -0.39 is 0 Å². The van der Waals surface area contributed by atoms with E-state index in [0.29, 0.717) is 18.1 Å². The van der Waals surface area contributed by atoms with E-state index in [1.54, 1.807) is 11.3 Å². The lowest BCUT2D eigenvalue weighted by Gasteiger charge is -2.29. The van der Waals surface area contributed by atoms with Crippen LogP contribution in [0.2, 0.25) is 0 Å². The van der Waals surface area contributed by atoms with Crippen LogP contribution in [0.3, 0.4) is 0 Å². The largest absolute Gasteiger partial charge is 0.294 e. The smallest absolute Gasteiger partial charge is 0.167 e. The lowest BCUT2D eigenvalue weighted by atomic mass is 9.74. The van der Waals surface area contributed by atoms with Gasteiger partial charge in [0.2, 0.25) is 0 Å². The predicted molar refractivity (Wildman–Crippen MR) is 93.7 cm³/mol. The van der Waals surface area contributed by atoms with Crippen LogP contribution < -0.4 is 0 Å². The van der Waals surface area contributed by atoms with Crippen molar-refractivity contribution in [1.29, 1.82) is 0 Å². The standard InChI is InChI=1S/C19H24N2OS/c1-19(2)11-14-17(15(22)12-19)18(13-7-4-3-5-8-13)21(20-14)16-9-6-10-23-16/h6,9-10,13H,3-5,7-8,11-12H2,1-2H3. The third-order valence-electron chi connectivity index (χ3n) is 5.26. The molecule has 0 unspecified atom stereocenters. The summed E-state index contributed by atoms with van der Waals surface area (Å²) >= 11 is 1.71. The Morgan fingerprint density at radius 3 is 2.70 bits per heavy atom. The number of aromatic nitrogens is 2. The molecular formula is C19H24N2OS. The van der Waals surface area contributed by atoms with E-state index in [9.17, 15) is 4.79 Å². The van der Waals surface area contributed by atoms with E-state index in [4.69, 9.17) is 5.10 Å². The number of carbonyl (C=O) groups is 1. The van der Waals surface area contributed by atoms with Gasteiger partial charge in [-0.1, -0.05) is 33.1 Å². The Kier molecular flexibility index (Phi) is 3.67. The zero-order valence-electron chi connectivity index (χ0n) is 14.0. The average Bonchev–Trinajstić information content (AvgIpc) is 3.13. The van der Waals surface area contributed by atoms with Crippen molar-refractivity contribution in [3.8, 4) is 5.00 Å². The summed E-state index contributed by atoms with van der Waals surface area (Å²) in [5.74, 6) is 0.798. The fraction of sp³-hybridized carbons (Fsp3) is 0.579. The highest BCUT2D eigenvalue weighted by atomic mass is 32.1. The minimum Gasteiger partial charge on any atom is -0.294 e. The minimum atomic E-state index is 0.0303. The second kappa shape index (κ2) is 5.59. The summed E-state index contributed by atoms with van der Waals surface area (Å²) in [7, 11) is 0. The molecule has 0 spiro atoms. The van der Waals surface area contributed by atoms with E-state index in [1.807, 2.05) is 0 Å². The zero-order valence-corrected chi connectivity index (χ0v) is 14.8. The molecule has 1 saturated carbocycles. The molecule has 2 heterocycles. The van der Waals surface area contributed by atoms with Gasteiger partial charge >= 0.3 is 0 Å². The lowest BCUT2D eigenvalue weighted by Crippen LogP contribution is -2.27. The van der Waals surface area contributed by atoms with Gasteiger partial charge in [0.1, 0.15) is 5.00 Å². The van der Waals surface area contributed by atoms with Crippen molar-refractivity contribution < 1.29 is 4.79 Å². The van der Waals surface area contributed by atoms with Crippen LogP contribution in [0.4, 0.5) is 0 Å². The van der Waals surface area contributed by atoms with Gasteiger partial charge in [-0.2, -0.15) is 5.10 Å². The van der Waals surface area contributed by atoms with Crippen molar-refractivity contribution >= 4 is 17.1 Å². The fourth-order valence-electron chi connectivity index (χ4n) is 4.26. The van der Waals surface area contributed by atoms with Gasteiger partial charge in [-0.15, -0.1) is 11.3 Å². The molecule has 4 rings (SSSR count). The van der Waals surface area contributed by atoms with E-state index in [-0.39, 0.29) is 5.41 Å². The molecule has 0 radical (unpaired) electrons. The molecule has 2 aliphatic carbocycles. The van der Waals surface area contributed by atoms with Crippen molar-refractivity contribution in [3.05, 3.63) is 34.5 Å². The number of carbonyl (C=O) groups excluding carboxylic acids is 1. The summed E-state index contributed by atoms with van der Waals surface area (Å²) in [4.78, 5) is 12.9. The van der Waals surface area contributed by atoms with Crippen LogP contribution in [0, 0.1) is 5.41 Å². The van der Waals surface area contributed by atoms with E-state index >= 15 is 0 Å². The van der Waals surface area contributed by atoms with Gasteiger partial charge in [-0.25, -0.2) is 4.68 Å². The first kappa shape index (κ1) is 15.1. The number of hydrogen-bond acceptors (Lipinski definition) is 3. The molecule has 2 aromatic rings. The third kappa shape index (κ3) is 2.67. The third-order valence-corrected chi connectivity index (χ3v) is 6.11. The monoisotopic (exact) mass is 328 g/mol. The SMILES string of the molecule is CC1(C)CC(=O)c2c(nn(-c3cccs3)c2C2CCCCC2)C1. The molecule has 0 bridgehead atoms. The number of nitrogens with zero attached hydrogens (tertiary/aromatic N) is 2. The minimum absolute atomic E-state index is 0.0303. The van der Waals surface area contributed by atoms with E-state index in [2.05, 4.69) is 36.0 Å². The lowest BCUT2D eigenvalue weighted by molar-refractivity contribution is 0.0910. The van der Waals surface area contributed by atoms with Gasteiger partial charge in [-0.3, -0.25) is 4.79 Å². The van der Waals surface area contributed by atoms with Gasteiger partial charge in [-0.05, 0) is 42.2 Å². The molecule has 3 nitrogen and oxygen atoms in total. The normalized spacial score (nSPS) is 21.4. The summed E-state index contributed by atoms with van der Waals surface area (Å²) in [6.45, 7) is 4.36. The topological polar surface area (TPSA) is 34.9 Å². The van der Waals surface area contributed by atoms with Crippen molar-refractivity contribution in [3.63, 3.8) is 0 Å². The molecule has 0 N–H and O–H groups in total. The van der Waals surface area contributed by atoms with Crippen LogP contribution in [-0.2, 0) is 6.42 Å². The van der Waals surface area contributed by atoms with Crippen LogP contribution >= 0.6 is 11.3 Å². The Bertz CT molecular complexity index is 721. The van der Waals surface area contributed by atoms with Crippen LogP contribution in [0.15, 0.2) is 17.5 Å². The van der Waals surface area contributed by atoms with Gasteiger partial charge in [0.15, 0.2) is 5.78 Å². The number of hydrogen-bond donors (Lipinski definition) is 0. The molecule has 0 aromatic carbocycles. The Balaban J connectivity index is 1.88. The summed E-state index contributed by atoms with van der Waals surface area (Å²) in [6.07, 6.45) is 7.82. The van der Waals surface area contributed by atoms with Crippen molar-refractivity contribution in [2.75, 3.05) is 0 Å². The predicted octanol–water partition coefficient (Wildman–Crippen LogP) is 5.14. The summed E-state index contributed by atoms with van der Waals surface area (Å²) in [6, 6.07) is 4.18. The summed E-state index contributed by atoms with van der Waals surface area (Å²) in [5, 5.41) is 8.15. The Morgan fingerprint density at radius 2 is 2.00 bits per heavy atom. The maximum absolute atomic E-state index is 12.9. The highest BCUT2D eigenvalue weighted by molar-refractivity contribution is 7.12. The van der Waals surface area contributed by atoms with Crippen LogP contribution in [-0.4, -0.2) is 15.6 Å². The van der Waals surface area contributed by atoms with Crippen LogP contribution in [0.5, 0.6) is 0 Å². The first-order valence-corrected chi connectivity index (χ1v) is 9.62. The van der Waals surface area contributed by atoms with Crippen molar-refractivity contribution in [1.82, 2.24) is 9.78 Å². The molecule has 23 heavy (non-hydrogen) atoms. The first-order chi connectivity index (χ1) is 11.1. The Labute approximate surface area is 141 Å². The Hall–Kier alpha value is -1.42. The molecule has 0 saturated heterocycles. The molecule has 4 heteroatoms. The van der Waals surface area contributed by atoms with Gasteiger partial charge in [0, 0.05) is 12.3 Å². The van der Waals surface area contributed by atoms with Crippen molar-refractivity contribution in [2.24, 2.45) is 5.41 Å². The zero-order chi connectivity index (χ0) is 16.0. The van der Waals surface area contributed by atoms with Crippen molar-refractivity contribution in [2.45, 2.75) is 64.7 Å². The molecule has 122 valence electrons. The highest BCUT2D eigenvalue weighted by Crippen LogP contribution is 2.42.